The predicted molar refractivity (Wildman–Crippen MR) is 69.6 cm³/mol. The van der Waals surface area contributed by atoms with Gasteiger partial charge in [-0.25, -0.2) is 0 Å². The molecule has 0 heterocycles. The molecular weight excluding hydrogens is 302 g/mol. The quantitative estimate of drug-likeness (QED) is 0.312. The van der Waals surface area contributed by atoms with E-state index in [1.54, 1.807) is 0 Å². The molecule has 0 bridgehead atoms. The van der Waals surface area contributed by atoms with E-state index < -0.39 is 27.7 Å². The molecule has 0 aromatic rings. The van der Waals surface area contributed by atoms with Gasteiger partial charge in [-0.05, 0) is 0 Å². The summed E-state index contributed by atoms with van der Waals surface area (Å²) >= 11 is 0. The molecule has 0 aliphatic rings. The third kappa shape index (κ3) is 7.01. The van der Waals surface area contributed by atoms with Gasteiger partial charge in [-0.15, -0.1) is 13.2 Å². The van der Waals surface area contributed by atoms with E-state index in [0.717, 1.165) is 13.1 Å². The van der Waals surface area contributed by atoms with Crippen LogP contribution in [0.5, 0.6) is 0 Å². The van der Waals surface area contributed by atoms with E-state index in [2.05, 4.69) is 18.5 Å². The molecule has 0 saturated carbocycles. The highest BCUT2D eigenvalue weighted by Gasteiger charge is 2.64. The van der Waals surface area contributed by atoms with Gasteiger partial charge in [0.25, 0.3) is 0 Å². The van der Waals surface area contributed by atoms with E-state index in [9.17, 15) is 26.0 Å². The summed E-state index contributed by atoms with van der Waals surface area (Å²) in [4.78, 5) is 0. The molecule has 0 aliphatic heterocycles. The lowest BCUT2D eigenvalue weighted by atomic mass is 10.2. The van der Waals surface area contributed by atoms with Gasteiger partial charge in [0, 0.05) is 19.5 Å². The fourth-order valence-electron chi connectivity index (χ4n) is 0.936. The van der Waals surface area contributed by atoms with E-state index in [1.807, 2.05) is 12.2 Å². The molecule has 4 nitrogen and oxygen atoms in total. The Morgan fingerprint density at radius 1 is 1.15 bits per heavy atom. The lowest BCUT2D eigenvalue weighted by Crippen LogP contribution is -2.46. The van der Waals surface area contributed by atoms with Gasteiger partial charge in [0.15, 0.2) is 0 Å². The van der Waals surface area contributed by atoms with E-state index in [0.29, 0.717) is 0 Å². The Balaban J connectivity index is 0. The Hall–Kier alpha value is -0.930. The van der Waals surface area contributed by atoms with Crippen molar-refractivity contribution in [3.05, 3.63) is 25.3 Å². The van der Waals surface area contributed by atoms with Crippen molar-refractivity contribution in [3.63, 3.8) is 0 Å². The molecule has 0 radical (unpaired) electrons. The second-order valence-electron chi connectivity index (χ2n) is 3.68. The summed E-state index contributed by atoms with van der Waals surface area (Å²) in [6.07, 6.45) is 2.02. The van der Waals surface area contributed by atoms with Crippen molar-refractivity contribution < 1.29 is 30.5 Å². The lowest BCUT2D eigenvalue weighted by Gasteiger charge is -2.22. The van der Waals surface area contributed by atoms with Gasteiger partial charge in [0.1, 0.15) is 0 Å². The predicted octanol–water partition coefficient (Wildman–Crippen LogP) is 2.85. The van der Waals surface area contributed by atoms with Gasteiger partial charge < -0.3 is 5.32 Å². The van der Waals surface area contributed by atoms with Crippen LogP contribution in [0.2, 0.25) is 0 Å². The molecule has 20 heavy (non-hydrogen) atoms. The molecule has 0 unspecified atom stereocenters. The maximum absolute atomic E-state index is 12.4. The Labute approximate surface area is 116 Å². The van der Waals surface area contributed by atoms with E-state index in [1.165, 1.54) is 6.92 Å². The highest BCUT2D eigenvalue weighted by molar-refractivity contribution is 7.87. The molecule has 0 aromatic heterocycles. The van der Waals surface area contributed by atoms with E-state index in [-0.39, 0.29) is 6.42 Å². The maximum Gasteiger partial charge on any atom is 0.431 e. The second-order valence-corrected chi connectivity index (χ2v) is 5.14. The third-order valence-electron chi connectivity index (χ3n) is 1.89. The number of alkyl halides is 4. The Bertz CT molecular complexity index is 388. The SMILES string of the molecule is C=CCNCC=C.CCCC(F)(F)C(F)(F)S(=O)(=O)O. The van der Waals surface area contributed by atoms with Crippen molar-refractivity contribution in [3.8, 4) is 0 Å². The standard InChI is InChI=1S/C6H11N.C5H8F4O3S/c1-3-5-7-6-4-2;1-2-3-4(6,7)5(8,9)13(10,11)12/h3-4,7H,1-2,5-6H2;2-3H2,1H3,(H,10,11,12). The average molecular weight is 321 g/mol. The van der Waals surface area contributed by atoms with E-state index >= 15 is 0 Å². The molecule has 120 valence electrons. The third-order valence-corrected chi connectivity index (χ3v) is 2.84. The van der Waals surface area contributed by atoms with Crippen LogP contribution in [0.15, 0.2) is 25.3 Å². The van der Waals surface area contributed by atoms with Gasteiger partial charge in [0.05, 0.1) is 0 Å². The van der Waals surface area contributed by atoms with Crippen molar-refractivity contribution in [2.45, 2.75) is 30.9 Å². The summed E-state index contributed by atoms with van der Waals surface area (Å²) in [7, 11) is -6.07. The fourth-order valence-corrected chi connectivity index (χ4v) is 1.42. The summed E-state index contributed by atoms with van der Waals surface area (Å²) in [6, 6.07) is 0. The van der Waals surface area contributed by atoms with Crippen LogP contribution >= 0.6 is 0 Å². The molecule has 0 amide bonds. The van der Waals surface area contributed by atoms with Crippen LogP contribution in [0, 0.1) is 0 Å². The van der Waals surface area contributed by atoms with Crippen molar-refractivity contribution >= 4 is 10.1 Å². The molecule has 0 fully saturated rings. The van der Waals surface area contributed by atoms with Crippen LogP contribution in [-0.2, 0) is 10.1 Å². The second kappa shape index (κ2) is 9.09. The largest absolute Gasteiger partial charge is 0.431 e. The zero-order chi connectivity index (χ0) is 16.4. The highest BCUT2D eigenvalue weighted by atomic mass is 32.2. The number of hydrogen-bond donors (Lipinski definition) is 2. The number of rotatable bonds is 8. The summed E-state index contributed by atoms with van der Waals surface area (Å²) in [5.41, 5.74) is 0. The first-order valence-electron chi connectivity index (χ1n) is 5.63. The molecule has 0 rings (SSSR count). The summed E-state index contributed by atoms with van der Waals surface area (Å²) in [5, 5.41) is -2.37. The number of halogens is 4. The van der Waals surface area contributed by atoms with Crippen LogP contribution in [0.25, 0.3) is 0 Å². The minimum Gasteiger partial charge on any atom is -0.310 e. The van der Waals surface area contributed by atoms with Crippen LogP contribution in [0.4, 0.5) is 17.6 Å². The normalized spacial score (nSPS) is 12.3. The number of hydrogen-bond acceptors (Lipinski definition) is 3. The van der Waals surface area contributed by atoms with Crippen LogP contribution in [0.3, 0.4) is 0 Å². The highest BCUT2D eigenvalue weighted by Crippen LogP contribution is 2.41. The molecule has 0 saturated heterocycles. The van der Waals surface area contributed by atoms with Crippen LogP contribution < -0.4 is 5.32 Å². The summed E-state index contributed by atoms with van der Waals surface area (Å²) in [6.45, 7) is 9.99. The fraction of sp³-hybridized carbons (Fsp3) is 0.636. The molecular formula is C11H19F4NO3S. The first kappa shape index (κ1) is 21.4. The Kier molecular flexibility index (Phi) is 9.71. The zero-order valence-corrected chi connectivity index (χ0v) is 11.9. The maximum atomic E-state index is 12.4. The van der Waals surface area contributed by atoms with Gasteiger partial charge in [-0.2, -0.15) is 26.0 Å². The minimum atomic E-state index is -6.07. The smallest absolute Gasteiger partial charge is 0.310 e. The monoisotopic (exact) mass is 321 g/mol. The van der Waals surface area contributed by atoms with Gasteiger partial charge >= 0.3 is 21.3 Å². The molecule has 9 heteroatoms. The lowest BCUT2D eigenvalue weighted by molar-refractivity contribution is -0.164. The Morgan fingerprint density at radius 2 is 1.55 bits per heavy atom. The van der Waals surface area contributed by atoms with Gasteiger partial charge in [-0.3, -0.25) is 4.55 Å². The molecule has 0 atom stereocenters. The van der Waals surface area contributed by atoms with Gasteiger partial charge in [0.2, 0.25) is 0 Å². The van der Waals surface area contributed by atoms with Crippen molar-refractivity contribution in [2.75, 3.05) is 13.1 Å². The first-order chi connectivity index (χ1) is 8.97. The van der Waals surface area contributed by atoms with Crippen molar-refractivity contribution in [2.24, 2.45) is 0 Å². The van der Waals surface area contributed by atoms with Gasteiger partial charge in [-0.1, -0.05) is 25.5 Å². The van der Waals surface area contributed by atoms with Crippen molar-refractivity contribution in [1.29, 1.82) is 0 Å². The molecule has 0 aromatic carbocycles. The van der Waals surface area contributed by atoms with Crippen LogP contribution in [-0.4, -0.2) is 37.2 Å². The number of nitrogens with one attached hydrogen (secondary N) is 1. The molecule has 0 spiro atoms. The molecule has 2 N–H and O–H groups in total. The zero-order valence-electron chi connectivity index (χ0n) is 11.1. The average Bonchev–Trinajstić information content (AvgIpc) is 2.29. The Morgan fingerprint density at radius 3 is 1.80 bits per heavy atom. The topological polar surface area (TPSA) is 66.4 Å². The van der Waals surface area contributed by atoms with E-state index in [4.69, 9.17) is 4.55 Å². The van der Waals surface area contributed by atoms with Crippen LogP contribution in [0.1, 0.15) is 19.8 Å². The first-order valence-corrected chi connectivity index (χ1v) is 7.07. The summed E-state index contributed by atoms with van der Waals surface area (Å²) in [5.74, 6) is -4.74. The summed E-state index contributed by atoms with van der Waals surface area (Å²) < 4.78 is 77.1. The minimum absolute atomic E-state index is 0.321. The molecule has 0 aliphatic carbocycles. The van der Waals surface area contributed by atoms with Crippen molar-refractivity contribution in [1.82, 2.24) is 5.32 Å².